The number of hydrogen-bond donors (Lipinski definition) is 1. The summed E-state index contributed by atoms with van der Waals surface area (Å²) < 4.78 is 0. The Kier molecular flexibility index (Phi) is 6.22. The molecular weight excluding hydrogens is 348 g/mol. The maximum Gasteiger partial charge on any atom is 0.253 e. The molecule has 1 saturated heterocycles. The Bertz CT molecular complexity index is 765. The predicted molar refractivity (Wildman–Crippen MR) is 113 cm³/mol. The van der Waals surface area contributed by atoms with Crippen molar-refractivity contribution in [3.05, 3.63) is 59.9 Å². The lowest BCUT2D eigenvalue weighted by Gasteiger charge is -2.36. The summed E-state index contributed by atoms with van der Waals surface area (Å²) >= 11 is 0. The van der Waals surface area contributed by atoms with Crippen LogP contribution in [0.5, 0.6) is 0 Å². The van der Waals surface area contributed by atoms with Gasteiger partial charge in [0, 0.05) is 45.0 Å². The van der Waals surface area contributed by atoms with Gasteiger partial charge in [0.15, 0.2) is 0 Å². The zero-order chi connectivity index (χ0) is 19.2. The van der Waals surface area contributed by atoms with E-state index in [1.807, 2.05) is 12.3 Å². The second-order valence-corrected chi connectivity index (χ2v) is 7.99. The Morgan fingerprint density at radius 3 is 2.50 bits per heavy atom. The first kappa shape index (κ1) is 18.9. The minimum absolute atomic E-state index is 0.0176. The molecule has 1 aliphatic carbocycles. The van der Waals surface area contributed by atoms with Crippen molar-refractivity contribution in [3.8, 4) is 0 Å². The molecule has 0 radical (unpaired) electrons. The average molecular weight is 379 g/mol. The fraction of sp³-hybridized carbons (Fsp3) is 0.478. The molecule has 0 atom stereocenters. The van der Waals surface area contributed by atoms with E-state index in [9.17, 15) is 4.79 Å². The summed E-state index contributed by atoms with van der Waals surface area (Å²) in [6.45, 7) is 4.96. The van der Waals surface area contributed by atoms with Crippen LogP contribution >= 0.6 is 0 Å². The number of anilines is 1. The van der Waals surface area contributed by atoms with Crippen molar-refractivity contribution in [2.24, 2.45) is 0 Å². The molecule has 2 heterocycles. The van der Waals surface area contributed by atoms with Crippen molar-refractivity contribution in [2.75, 3.05) is 31.1 Å². The number of nitrogens with zero attached hydrogens (tertiary/aromatic N) is 3. The van der Waals surface area contributed by atoms with E-state index in [-0.39, 0.29) is 5.91 Å². The van der Waals surface area contributed by atoms with Crippen LogP contribution < -0.4 is 10.2 Å². The highest BCUT2D eigenvalue weighted by atomic mass is 16.1. The number of rotatable bonds is 5. The monoisotopic (exact) mass is 378 g/mol. The fourth-order valence-corrected chi connectivity index (χ4v) is 4.25. The van der Waals surface area contributed by atoms with E-state index in [0.717, 1.165) is 51.3 Å². The average Bonchev–Trinajstić information content (AvgIpc) is 2.76. The molecule has 5 nitrogen and oxygen atoms in total. The van der Waals surface area contributed by atoms with Crippen LogP contribution in [0.4, 0.5) is 5.69 Å². The quantitative estimate of drug-likeness (QED) is 0.866. The third-order valence-corrected chi connectivity index (χ3v) is 5.91. The Labute approximate surface area is 167 Å². The van der Waals surface area contributed by atoms with Gasteiger partial charge in [-0.15, -0.1) is 0 Å². The number of amides is 1. The highest BCUT2D eigenvalue weighted by Crippen LogP contribution is 2.20. The summed E-state index contributed by atoms with van der Waals surface area (Å²) in [6, 6.07) is 13.0. The van der Waals surface area contributed by atoms with E-state index in [1.54, 1.807) is 6.20 Å². The maximum absolute atomic E-state index is 12.6. The molecule has 28 heavy (non-hydrogen) atoms. The normalized spacial score (nSPS) is 18.8. The number of aromatic nitrogens is 1. The van der Waals surface area contributed by atoms with Gasteiger partial charge >= 0.3 is 0 Å². The van der Waals surface area contributed by atoms with Gasteiger partial charge in [0.25, 0.3) is 5.91 Å². The summed E-state index contributed by atoms with van der Waals surface area (Å²) in [7, 11) is 0. The molecule has 0 spiro atoms. The van der Waals surface area contributed by atoms with Gasteiger partial charge in [-0.25, -0.2) is 0 Å². The van der Waals surface area contributed by atoms with Crippen molar-refractivity contribution in [3.63, 3.8) is 0 Å². The zero-order valence-corrected chi connectivity index (χ0v) is 16.5. The molecule has 1 amide bonds. The second-order valence-electron chi connectivity index (χ2n) is 7.99. The van der Waals surface area contributed by atoms with Crippen LogP contribution in [0.1, 0.15) is 48.0 Å². The minimum Gasteiger partial charge on any atom is -0.368 e. The molecule has 5 heteroatoms. The lowest BCUT2D eigenvalue weighted by Crippen LogP contribution is -2.46. The lowest BCUT2D eigenvalue weighted by molar-refractivity contribution is 0.0927. The molecule has 1 saturated carbocycles. The van der Waals surface area contributed by atoms with E-state index < -0.39 is 0 Å². The zero-order valence-electron chi connectivity index (χ0n) is 16.5. The first-order valence-corrected chi connectivity index (χ1v) is 10.5. The summed E-state index contributed by atoms with van der Waals surface area (Å²) in [5.41, 5.74) is 3.09. The largest absolute Gasteiger partial charge is 0.368 e. The van der Waals surface area contributed by atoms with Gasteiger partial charge in [-0.05, 0) is 24.5 Å². The first-order valence-electron chi connectivity index (χ1n) is 10.5. The molecule has 1 N–H and O–H groups in total. The van der Waals surface area contributed by atoms with Crippen molar-refractivity contribution in [2.45, 2.75) is 44.7 Å². The topological polar surface area (TPSA) is 48.5 Å². The van der Waals surface area contributed by atoms with Crippen LogP contribution in [-0.2, 0) is 6.54 Å². The Balaban J connectivity index is 1.32. The standard InChI is InChI=1S/C23H30N4O/c28-23(25-21-9-5-2-6-10-21)20-15-22(17-24-16-20)27-13-11-26(12-14-27)18-19-7-3-1-4-8-19/h1,3-4,7-8,15-17,21H,2,5-6,9-14,18H2,(H,25,28). The summed E-state index contributed by atoms with van der Waals surface area (Å²) in [4.78, 5) is 21.8. The van der Waals surface area contributed by atoms with E-state index in [0.29, 0.717) is 11.6 Å². The van der Waals surface area contributed by atoms with E-state index in [4.69, 9.17) is 0 Å². The van der Waals surface area contributed by atoms with Gasteiger partial charge in [0.1, 0.15) is 0 Å². The van der Waals surface area contributed by atoms with Crippen molar-refractivity contribution < 1.29 is 4.79 Å². The van der Waals surface area contributed by atoms with Crippen LogP contribution in [0.15, 0.2) is 48.8 Å². The van der Waals surface area contributed by atoms with Crippen molar-refractivity contribution >= 4 is 11.6 Å². The van der Waals surface area contributed by atoms with Gasteiger partial charge < -0.3 is 10.2 Å². The van der Waals surface area contributed by atoms with Gasteiger partial charge in [0.2, 0.25) is 0 Å². The van der Waals surface area contributed by atoms with Gasteiger partial charge in [0.05, 0.1) is 17.4 Å². The van der Waals surface area contributed by atoms with Crippen molar-refractivity contribution in [1.82, 2.24) is 15.2 Å². The number of pyridine rings is 1. The molecule has 2 fully saturated rings. The highest BCUT2D eigenvalue weighted by molar-refractivity contribution is 5.95. The number of benzene rings is 1. The molecule has 4 rings (SSSR count). The Hall–Kier alpha value is -2.40. The number of piperazine rings is 1. The third kappa shape index (κ3) is 4.90. The first-order chi connectivity index (χ1) is 13.8. The van der Waals surface area contributed by atoms with E-state index >= 15 is 0 Å². The SMILES string of the molecule is O=C(NC1CCCCC1)c1cncc(N2CCN(Cc3ccccc3)CC2)c1. The number of nitrogens with one attached hydrogen (secondary N) is 1. The van der Waals surface area contributed by atoms with Gasteiger partial charge in [-0.1, -0.05) is 49.6 Å². The van der Waals surface area contributed by atoms with Crippen LogP contribution in [-0.4, -0.2) is 48.0 Å². The Morgan fingerprint density at radius 1 is 1.00 bits per heavy atom. The molecule has 0 bridgehead atoms. The van der Waals surface area contributed by atoms with Gasteiger partial charge in [-0.2, -0.15) is 0 Å². The number of carbonyl (C=O) groups excluding carboxylic acids is 1. The van der Waals surface area contributed by atoms with Crippen molar-refractivity contribution in [1.29, 1.82) is 0 Å². The molecule has 1 aromatic carbocycles. The fourth-order valence-electron chi connectivity index (χ4n) is 4.25. The third-order valence-electron chi connectivity index (χ3n) is 5.91. The summed E-state index contributed by atoms with van der Waals surface area (Å²) in [6.07, 6.45) is 9.49. The number of hydrogen-bond acceptors (Lipinski definition) is 4. The maximum atomic E-state index is 12.6. The summed E-state index contributed by atoms with van der Waals surface area (Å²) in [5, 5.41) is 3.19. The predicted octanol–water partition coefficient (Wildman–Crippen LogP) is 3.47. The van der Waals surface area contributed by atoms with Crippen LogP contribution in [0.2, 0.25) is 0 Å². The van der Waals surface area contributed by atoms with Crippen LogP contribution in [0.3, 0.4) is 0 Å². The molecule has 0 unspecified atom stereocenters. The minimum atomic E-state index is 0.0176. The molecule has 148 valence electrons. The molecule has 2 aromatic rings. The second kappa shape index (κ2) is 9.20. The molecule has 1 aromatic heterocycles. The molecule has 2 aliphatic rings. The van der Waals surface area contributed by atoms with E-state index in [1.165, 1.54) is 24.8 Å². The molecule has 1 aliphatic heterocycles. The highest BCUT2D eigenvalue weighted by Gasteiger charge is 2.20. The van der Waals surface area contributed by atoms with Crippen LogP contribution in [0, 0.1) is 0 Å². The van der Waals surface area contributed by atoms with E-state index in [2.05, 4.69) is 50.4 Å². The summed E-state index contributed by atoms with van der Waals surface area (Å²) in [5.74, 6) is 0.0176. The lowest BCUT2D eigenvalue weighted by atomic mass is 9.95. The van der Waals surface area contributed by atoms with Gasteiger partial charge in [-0.3, -0.25) is 14.7 Å². The molecular formula is C23H30N4O. The number of carbonyl (C=O) groups is 1. The Morgan fingerprint density at radius 2 is 1.75 bits per heavy atom. The smallest absolute Gasteiger partial charge is 0.253 e. The van der Waals surface area contributed by atoms with Crippen LogP contribution in [0.25, 0.3) is 0 Å².